The van der Waals surface area contributed by atoms with E-state index in [1.807, 2.05) is 0 Å². The van der Waals surface area contributed by atoms with E-state index in [4.69, 9.17) is 0 Å². The Morgan fingerprint density at radius 3 is 1.00 bits per heavy atom. The zero-order valence-electron chi connectivity index (χ0n) is 11.6. The molecule has 0 nitrogen and oxygen atoms in total. The summed E-state index contributed by atoms with van der Waals surface area (Å²) in [5, 5.41) is 3.01. The van der Waals surface area contributed by atoms with Crippen molar-refractivity contribution in [2.24, 2.45) is 0 Å². The van der Waals surface area contributed by atoms with Crippen molar-refractivity contribution in [3.63, 3.8) is 0 Å². The minimum atomic E-state index is -0.324. The Hall–Kier alpha value is -1.13. The van der Waals surface area contributed by atoms with Gasteiger partial charge in [0.1, 0.15) is 0 Å². The van der Waals surface area contributed by atoms with Gasteiger partial charge in [0.15, 0.2) is 0 Å². The standard InChI is InChI=1S/C16H20Si2/c1-17(2)15-9-5-13(6-10-15)14-7-11-16(12-8-14)18(3)4/h5-12H,1-4H3. The minimum Gasteiger partial charge on any atom is -0.0671 e. The summed E-state index contributed by atoms with van der Waals surface area (Å²) >= 11 is 0. The fourth-order valence-corrected chi connectivity index (χ4v) is 3.66. The molecule has 2 radical (unpaired) electrons. The monoisotopic (exact) mass is 268 g/mol. The van der Waals surface area contributed by atoms with Crippen molar-refractivity contribution < 1.29 is 0 Å². The molecule has 0 unspecified atom stereocenters. The normalized spacial score (nSPS) is 11.2. The SMILES string of the molecule is C[Si](C)c1ccc(-c2ccc([Si](C)C)cc2)cc1. The molecular formula is C16H20Si2. The predicted molar refractivity (Wildman–Crippen MR) is 86.1 cm³/mol. The van der Waals surface area contributed by atoms with Gasteiger partial charge < -0.3 is 0 Å². The summed E-state index contributed by atoms with van der Waals surface area (Å²) in [5.74, 6) is 0. The molecule has 2 rings (SSSR count). The topological polar surface area (TPSA) is 0 Å². The molecule has 0 saturated heterocycles. The molecule has 92 valence electrons. The lowest BCUT2D eigenvalue weighted by atomic mass is 10.1. The molecule has 0 bridgehead atoms. The van der Waals surface area contributed by atoms with Crippen LogP contribution in [-0.2, 0) is 0 Å². The smallest absolute Gasteiger partial charge is 0.0671 e. The second-order valence-corrected chi connectivity index (χ2v) is 10.3. The first-order valence-electron chi connectivity index (χ1n) is 6.39. The van der Waals surface area contributed by atoms with Gasteiger partial charge in [0.2, 0.25) is 0 Å². The highest BCUT2D eigenvalue weighted by Crippen LogP contribution is 2.17. The third-order valence-electron chi connectivity index (χ3n) is 3.26. The van der Waals surface area contributed by atoms with Crippen LogP contribution in [0.1, 0.15) is 0 Å². The van der Waals surface area contributed by atoms with Crippen molar-refractivity contribution in [1.29, 1.82) is 0 Å². The number of hydrogen-bond donors (Lipinski definition) is 0. The highest BCUT2D eigenvalue weighted by Gasteiger charge is 2.04. The van der Waals surface area contributed by atoms with Crippen LogP contribution < -0.4 is 10.4 Å². The summed E-state index contributed by atoms with van der Waals surface area (Å²) < 4.78 is 0. The van der Waals surface area contributed by atoms with Crippen LogP contribution in [0.4, 0.5) is 0 Å². The van der Waals surface area contributed by atoms with Gasteiger partial charge in [0, 0.05) is 0 Å². The van der Waals surface area contributed by atoms with Crippen LogP contribution in [0.3, 0.4) is 0 Å². The van der Waals surface area contributed by atoms with Crippen molar-refractivity contribution in [3.05, 3.63) is 48.5 Å². The molecular weight excluding hydrogens is 248 g/mol. The zero-order chi connectivity index (χ0) is 13.1. The second-order valence-electron chi connectivity index (χ2n) is 5.15. The van der Waals surface area contributed by atoms with Crippen molar-refractivity contribution in [3.8, 4) is 11.1 Å². The maximum absolute atomic E-state index is 2.33. The largest absolute Gasteiger partial charge is 0.0791 e. The van der Waals surface area contributed by atoms with E-state index in [0.29, 0.717) is 0 Å². The Kier molecular flexibility index (Phi) is 4.20. The molecule has 0 aliphatic heterocycles. The third kappa shape index (κ3) is 3.00. The van der Waals surface area contributed by atoms with Crippen molar-refractivity contribution in [1.82, 2.24) is 0 Å². The van der Waals surface area contributed by atoms with Crippen molar-refractivity contribution >= 4 is 28.0 Å². The Morgan fingerprint density at radius 2 is 0.778 bits per heavy atom. The molecule has 2 aromatic carbocycles. The van der Waals surface area contributed by atoms with Crippen LogP contribution in [0.15, 0.2) is 48.5 Å². The van der Waals surface area contributed by atoms with E-state index in [1.165, 1.54) is 21.5 Å². The lowest BCUT2D eigenvalue weighted by Crippen LogP contribution is -2.22. The Balaban J connectivity index is 2.25. The van der Waals surface area contributed by atoms with Gasteiger partial charge in [-0.05, 0) is 11.1 Å². The van der Waals surface area contributed by atoms with Gasteiger partial charge in [-0.3, -0.25) is 0 Å². The van der Waals surface area contributed by atoms with E-state index in [1.54, 1.807) is 0 Å². The van der Waals surface area contributed by atoms with E-state index in [0.717, 1.165) is 0 Å². The molecule has 0 amide bonds. The lowest BCUT2D eigenvalue weighted by Gasteiger charge is -2.08. The lowest BCUT2D eigenvalue weighted by molar-refractivity contribution is 1.64. The highest BCUT2D eigenvalue weighted by atomic mass is 28.3. The molecule has 0 N–H and O–H groups in total. The zero-order valence-corrected chi connectivity index (χ0v) is 13.6. The molecule has 0 heterocycles. The number of hydrogen-bond acceptors (Lipinski definition) is 0. The summed E-state index contributed by atoms with van der Waals surface area (Å²) in [7, 11) is -0.647. The van der Waals surface area contributed by atoms with Crippen LogP contribution in [-0.4, -0.2) is 17.6 Å². The molecule has 0 fully saturated rings. The summed E-state index contributed by atoms with van der Waals surface area (Å²) in [4.78, 5) is 0. The van der Waals surface area contributed by atoms with Gasteiger partial charge >= 0.3 is 0 Å². The molecule has 18 heavy (non-hydrogen) atoms. The summed E-state index contributed by atoms with van der Waals surface area (Å²) in [5.41, 5.74) is 2.66. The van der Waals surface area contributed by atoms with E-state index in [-0.39, 0.29) is 17.6 Å². The molecule has 0 aromatic heterocycles. The molecule has 2 heteroatoms. The van der Waals surface area contributed by atoms with Crippen LogP contribution in [0, 0.1) is 0 Å². The van der Waals surface area contributed by atoms with Gasteiger partial charge in [-0.1, -0.05) is 85.1 Å². The van der Waals surface area contributed by atoms with Crippen LogP contribution in [0.2, 0.25) is 26.2 Å². The third-order valence-corrected chi connectivity index (χ3v) is 6.23. The number of benzene rings is 2. The Bertz CT molecular complexity index is 446. The first kappa shape index (κ1) is 13.3. The van der Waals surface area contributed by atoms with E-state index < -0.39 is 0 Å². The maximum Gasteiger partial charge on any atom is 0.0791 e. The molecule has 0 saturated carbocycles. The molecule has 0 aliphatic carbocycles. The molecule has 0 spiro atoms. The maximum atomic E-state index is 2.33. The Labute approximate surface area is 114 Å². The van der Waals surface area contributed by atoms with E-state index >= 15 is 0 Å². The summed E-state index contributed by atoms with van der Waals surface area (Å²) in [6, 6.07) is 18.2. The van der Waals surface area contributed by atoms with Gasteiger partial charge in [-0.25, -0.2) is 0 Å². The Morgan fingerprint density at radius 1 is 0.500 bits per heavy atom. The molecule has 0 aliphatic rings. The quantitative estimate of drug-likeness (QED) is 0.750. The fraction of sp³-hybridized carbons (Fsp3) is 0.250. The summed E-state index contributed by atoms with van der Waals surface area (Å²) in [6.45, 7) is 9.34. The highest BCUT2D eigenvalue weighted by molar-refractivity contribution is 6.71. The first-order valence-corrected chi connectivity index (χ1v) is 11.4. The average molecular weight is 269 g/mol. The van der Waals surface area contributed by atoms with Gasteiger partial charge in [-0.15, -0.1) is 0 Å². The predicted octanol–water partition coefficient (Wildman–Crippen LogP) is 3.28. The van der Waals surface area contributed by atoms with Crippen LogP contribution in [0.25, 0.3) is 11.1 Å². The van der Waals surface area contributed by atoms with Crippen molar-refractivity contribution in [2.75, 3.05) is 0 Å². The summed E-state index contributed by atoms with van der Waals surface area (Å²) in [6.07, 6.45) is 0. The molecule has 0 atom stereocenters. The van der Waals surface area contributed by atoms with Gasteiger partial charge in [-0.2, -0.15) is 0 Å². The molecule has 2 aromatic rings. The fourth-order valence-electron chi connectivity index (χ4n) is 1.99. The van der Waals surface area contributed by atoms with E-state index in [2.05, 4.69) is 74.7 Å². The van der Waals surface area contributed by atoms with Gasteiger partial charge in [0.25, 0.3) is 0 Å². The second kappa shape index (κ2) is 5.68. The van der Waals surface area contributed by atoms with Crippen LogP contribution >= 0.6 is 0 Å². The van der Waals surface area contributed by atoms with E-state index in [9.17, 15) is 0 Å². The van der Waals surface area contributed by atoms with Crippen molar-refractivity contribution in [2.45, 2.75) is 26.2 Å². The van der Waals surface area contributed by atoms with Crippen LogP contribution in [0.5, 0.6) is 0 Å². The van der Waals surface area contributed by atoms with Gasteiger partial charge in [0.05, 0.1) is 17.6 Å². The average Bonchev–Trinajstić information content (AvgIpc) is 2.39. The first-order chi connectivity index (χ1) is 8.58. The number of rotatable bonds is 3. The minimum absolute atomic E-state index is 0.324.